The summed E-state index contributed by atoms with van der Waals surface area (Å²) in [5, 5.41) is 12.7. The summed E-state index contributed by atoms with van der Waals surface area (Å²) in [6, 6.07) is 15.4. The number of hydrogen-bond donors (Lipinski definition) is 1. The Balaban J connectivity index is 1.28. The van der Waals surface area contributed by atoms with Gasteiger partial charge < -0.3 is 5.32 Å². The van der Waals surface area contributed by atoms with E-state index in [9.17, 15) is 9.18 Å². The van der Waals surface area contributed by atoms with Crippen molar-refractivity contribution in [2.24, 2.45) is 7.05 Å². The van der Waals surface area contributed by atoms with E-state index in [0.717, 1.165) is 16.8 Å². The Morgan fingerprint density at radius 3 is 2.59 bits per heavy atom. The summed E-state index contributed by atoms with van der Waals surface area (Å²) < 4.78 is 16.7. The van der Waals surface area contributed by atoms with Gasteiger partial charge >= 0.3 is 0 Å². The van der Waals surface area contributed by atoms with E-state index in [1.54, 1.807) is 40.6 Å². The highest BCUT2D eigenvalue weighted by Gasteiger charge is 2.19. The molecule has 182 valence electrons. The Kier molecular flexibility index (Phi) is 5.53. The van der Waals surface area contributed by atoms with Gasteiger partial charge in [-0.05, 0) is 55.5 Å². The van der Waals surface area contributed by atoms with Gasteiger partial charge in [0.1, 0.15) is 21.4 Å². The first-order valence-electron chi connectivity index (χ1n) is 11.3. The van der Waals surface area contributed by atoms with Crippen molar-refractivity contribution in [1.29, 1.82) is 0 Å². The number of nitrogens with zero attached hydrogens (tertiary/aromatic N) is 7. The van der Waals surface area contributed by atoms with Gasteiger partial charge in [0.15, 0.2) is 11.5 Å². The molecule has 0 bridgehead atoms. The van der Waals surface area contributed by atoms with E-state index in [4.69, 9.17) is 0 Å². The first kappa shape index (κ1) is 22.7. The van der Waals surface area contributed by atoms with Crippen molar-refractivity contribution < 1.29 is 9.18 Å². The van der Waals surface area contributed by atoms with E-state index >= 15 is 0 Å². The Morgan fingerprint density at radius 2 is 1.81 bits per heavy atom. The number of anilines is 1. The molecule has 6 aromatic rings. The first-order valence-corrected chi connectivity index (χ1v) is 12.1. The minimum absolute atomic E-state index is 0.299. The van der Waals surface area contributed by atoms with Gasteiger partial charge in [0.2, 0.25) is 0 Å². The normalized spacial score (nSPS) is 11.2. The minimum atomic E-state index is -0.310. The fourth-order valence-electron chi connectivity index (χ4n) is 3.96. The lowest BCUT2D eigenvalue weighted by atomic mass is 10.1. The number of halogens is 1. The molecule has 0 saturated heterocycles. The van der Waals surface area contributed by atoms with Crippen LogP contribution < -0.4 is 5.32 Å². The summed E-state index contributed by atoms with van der Waals surface area (Å²) in [7, 11) is 1.82. The lowest BCUT2D eigenvalue weighted by Crippen LogP contribution is -2.11. The number of thiazole rings is 1. The average molecular weight is 511 g/mol. The van der Waals surface area contributed by atoms with Gasteiger partial charge in [-0.15, -0.1) is 11.3 Å². The van der Waals surface area contributed by atoms with Crippen LogP contribution in [0.15, 0.2) is 73.2 Å². The van der Waals surface area contributed by atoms with E-state index < -0.39 is 0 Å². The molecular weight excluding hydrogens is 491 g/mol. The minimum Gasteiger partial charge on any atom is -0.304 e. The number of fused-ring (bicyclic) bond motifs is 1. The van der Waals surface area contributed by atoms with Crippen LogP contribution in [-0.4, -0.2) is 40.3 Å². The van der Waals surface area contributed by atoms with E-state index in [1.807, 2.05) is 43.6 Å². The summed E-state index contributed by atoms with van der Waals surface area (Å²) >= 11 is 1.28. The second-order valence-corrected chi connectivity index (χ2v) is 9.32. The van der Waals surface area contributed by atoms with Crippen LogP contribution in [-0.2, 0) is 7.05 Å². The summed E-state index contributed by atoms with van der Waals surface area (Å²) in [5.41, 5.74) is 4.83. The number of pyridine rings is 1. The van der Waals surface area contributed by atoms with Gasteiger partial charge in [0.25, 0.3) is 5.91 Å². The molecule has 0 fully saturated rings. The average Bonchev–Trinajstić information content (AvgIpc) is 3.60. The van der Waals surface area contributed by atoms with Crippen LogP contribution in [0, 0.1) is 12.7 Å². The number of benzene rings is 1. The fourth-order valence-corrected chi connectivity index (χ4v) is 4.90. The van der Waals surface area contributed by atoms with Crippen molar-refractivity contribution >= 4 is 28.7 Å². The fraction of sp³-hybridized carbons (Fsp3) is 0.0769. The zero-order valence-electron chi connectivity index (χ0n) is 19.8. The number of rotatable bonds is 5. The third kappa shape index (κ3) is 4.36. The molecule has 1 amide bonds. The summed E-state index contributed by atoms with van der Waals surface area (Å²) in [5.74, 6) is -0.242. The van der Waals surface area contributed by atoms with Crippen LogP contribution in [0.1, 0.15) is 15.4 Å². The number of carbonyl (C=O) groups excluding carboxylic acids is 1. The molecule has 0 aliphatic rings. The second-order valence-electron chi connectivity index (χ2n) is 8.32. The molecule has 0 unspecified atom stereocenters. The Hall–Kier alpha value is -4.77. The molecule has 5 heterocycles. The van der Waals surface area contributed by atoms with Crippen molar-refractivity contribution in [2.45, 2.75) is 6.92 Å². The maximum atomic E-state index is 13.4. The van der Waals surface area contributed by atoms with Gasteiger partial charge in [-0.25, -0.2) is 18.9 Å². The van der Waals surface area contributed by atoms with E-state index in [0.29, 0.717) is 38.4 Å². The van der Waals surface area contributed by atoms with Crippen LogP contribution in [0.2, 0.25) is 0 Å². The van der Waals surface area contributed by atoms with Gasteiger partial charge in [-0.3, -0.25) is 14.5 Å². The quantitative estimate of drug-likeness (QED) is 0.350. The molecule has 0 atom stereocenters. The van der Waals surface area contributed by atoms with Crippen molar-refractivity contribution in [3.8, 4) is 33.2 Å². The number of nitrogens with one attached hydrogen (secondary N) is 1. The number of carbonyl (C=O) groups is 1. The molecule has 9 nitrogen and oxygen atoms in total. The summed E-state index contributed by atoms with van der Waals surface area (Å²) in [6.45, 7) is 1.79. The maximum absolute atomic E-state index is 13.4. The van der Waals surface area contributed by atoms with Crippen molar-refractivity contribution in [1.82, 2.24) is 34.3 Å². The van der Waals surface area contributed by atoms with Gasteiger partial charge in [0, 0.05) is 30.6 Å². The largest absolute Gasteiger partial charge is 0.304 e. The summed E-state index contributed by atoms with van der Waals surface area (Å²) in [4.78, 5) is 26.8. The molecule has 5 aromatic heterocycles. The number of hydrogen-bond acceptors (Lipinski definition) is 7. The smallest absolute Gasteiger partial charge is 0.268 e. The van der Waals surface area contributed by atoms with E-state index in [2.05, 4.69) is 30.5 Å². The van der Waals surface area contributed by atoms with Crippen molar-refractivity contribution in [3.63, 3.8) is 0 Å². The molecule has 1 aromatic carbocycles. The topological polar surface area (TPSA) is 103 Å². The standard InChI is InChI=1S/C26H19FN8OS/c1-15-24(37-26(29-15)20-5-3-4-12-28-20)25(36)31-21-14-35-22(30-21)11-10-19(32-35)18-13-34(2)33-23(18)16-6-8-17(27)9-7-16/h3-14H,1-2H3,(H,31,36). The second kappa shape index (κ2) is 9.03. The Bertz CT molecular complexity index is 1760. The molecule has 0 radical (unpaired) electrons. The van der Waals surface area contributed by atoms with Gasteiger partial charge in [-0.1, -0.05) is 6.07 Å². The van der Waals surface area contributed by atoms with Crippen LogP contribution >= 0.6 is 11.3 Å². The Labute approximate surface area is 214 Å². The SMILES string of the molecule is Cc1nc(-c2ccccn2)sc1C(=O)Nc1cn2nc(-c3cn(C)nc3-c3ccc(F)cc3)ccc2n1. The molecule has 37 heavy (non-hydrogen) atoms. The number of amides is 1. The molecular formula is C26H19FN8OS. The highest BCUT2D eigenvalue weighted by atomic mass is 32.1. The van der Waals surface area contributed by atoms with Gasteiger partial charge in [-0.2, -0.15) is 10.2 Å². The molecule has 1 N–H and O–H groups in total. The third-order valence-corrected chi connectivity index (χ3v) is 6.85. The third-order valence-electron chi connectivity index (χ3n) is 5.67. The summed E-state index contributed by atoms with van der Waals surface area (Å²) in [6.07, 6.45) is 5.21. The van der Waals surface area contributed by atoms with Gasteiger partial charge in [0.05, 0.1) is 23.3 Å². The molecule has 11 heteroatoms. The highest BCUT2D eigenvalue weighted by Crippen LogP contribution is 2.30. The zero-order chi connectivity index (χ0) is 25.5. The number of aryl methyl sites for hydroxylation is 2. The molecule has 0 aliphatic carbocycles. The molecule has 0 spiro atoms. The van der Waals surface area contributed by atoms with Crippen LogP contribution in [0.5, 0.6) is 0 Å². The van der Waals surface area contributed by atoms with Crippen LogP contribution in [0.4, 0.5) is 10.2 Å². The zero-order valence-corrected chi connectivity index (χ0v) is 20.6. The number of aromatic nitrogens is 7. The lowest BCUT2D eigenvalue weighted by Gasteiger charge is -2.03. The predicted molar refractivity (Wildman–Crippen MR) is 139 cm³/mol. The van der Waals surface area contributed by atoms with Crippen molar-refractivity contribution in [2.75, 3.05) is 5.32 Å². The van der Waals surface area contributed by atoms with Crippen LogP contribution in [0.25, 0.3) is 38.9 Å². The molecule has 0 saturated carbocycles. The first-order chi connectivity index (χ1) is 17.9. The molecule has 6 rings (SSSR count). The monoisotopic (exact) mass is 510 g/mol. The predicted octanol–water partition coefficient (Wildman–Crippen LogP) is 5.02. The molecule has 0 aliphatic heterocycles. The van der Waals surface area contributed by atoms with E-state index in [1.165, 1.54) is 23.5 Å². The number of imidazole rings is 1. The van der Waals surface area contributed by atoms with E-state index in [-0.39, 0.29) is 11.7 Å². The lowest BCUT2D eigenvalue weighted by molar-refractivity contribution is 0.102. The van der Waals surface area contributed by atoms with Crippen LogP contribution in [0.3, 0.4) is 0 Å². The van der Waals surface area contributed by atoms with Crippen molar-refractivity contribution in [3.05, 3.63) is 89.6 Å². The Morgan fingerprint density at radius 1 is 0.973 bits per heavy atom. The highest BCUT2D eigenvalue weighted by molar-refractivity contribution is 7.17. The maximum Gasteiger partial charge on any atom is 0.268 e.